The summed E-state index contributed by atoms with van der Waals surface area (Å²) in [5, 5.41) is 5.62. The fourth-order valence-electron chi connectivity index (χ4n) is 4.98. The summed E-state index contributed by atoms with van der Waals surface area (Å²) in [6, 6.07) is 14.4. The van der Waals surface area contributed by atoms with Gasteiger partial charge in [-0.05, 0) is 80.1 Å². The monoisotopic (exact) mass is 448 g/mol. The van der Waals surface area contributed by atoms with Crippen LogP contribution in [0.3, 0.4) is 0 Å². The second kappa shape index (κ2) is 10.8. The predicted octanol–water partition coefficient (Wildman–Crippen LogP) is 3.91. The first kappa shape index (κ1) is 23.3. The Hall–Kier alpha value is -2.86. The van der Waals surface area contributed by atoms with Gasteiger partial charge in [-0.3, -0.25) is 14.5 Å². The van der Waals surface area contributed by atoms with Crippen molar-refractivity contribution in [3.63, 3.8) is 0 Å². The number of hydrogen-bond donors (Lipinski definition) is 2. The molecule has 1 fully saturated rings. The van der Waals surface area contributed by atoms with Gasteiger partial charge < -0.3 is 15.5 Å². The highest BCUT2D eigenvalue weighted by Gasteiger charge is 2.26. The van der Waals surface area contributed by atoms with E-state index in [4.69, 9.17) is 0 Å². The first-order valence-corrected chi connectivity index (χ1v) is 12.3. The molecule has 1 saturated heterocycles. The van der Waals surface area contributed by atoms with E-state index in [0.29, 0.717) is 12.2 Å². The summed E-state index contributed by atoms with van der Waals surface area (Å²) in [6.45, 7) is 5.64. The van der Waals surface area contributed by atoms with E-state index >= 15 is 0 Å². The summed E-state index contributed by atoms with van der Waals surface area (Å²) in [5.74, 6) is -1.21. The van der Waals surface area contributed by atoms with E-state index < -0.39 is 11.8 Å². The Kier molecular flexibility index (Phi) is 7.65. The Bertz CT molecular complexity index is 967. The summed E-state index contributed by atoms with van der Waals surface area (Å²) < 4.78 is 0. The number of rotatable bonds is 6. The van der Waals surface area contributed by atoms with Gasteiger partial charge in [0.15, 0.2) is 0 Å². The molecule has 2 aliphatic heterocycles. The zero-order valence-electron chi connectivity index (χ0n) is 19.9. The van der Waals surface area contributed by atoms with Gasteiger partial charge in [-0.25, -0.2) is 0 Å². The number of carbonyl (C=O) groups is 2. The SMILES string of the molecule is CCc1ccc(NC(=O)C(=O)NCC(c2ccc3c(c2)CCCN3C)N2CCCCC2)cc1. The molecule has 2 amide bonds. The molecule has 6 nitrogen and oxygen atoms in total. The molecule has 0 radical (unpaired) electrons. The molecule has 0 aromatic heterocycles. The van der Waals surface area contributed by atoms with Crippen molar-refractivity contribution in [3.8, 4) is 0 Å². The van der Waals surface area contributed by atoms with Crippen molar-refractivity contribution < 1.29 is 9.59 Å². The van der Waals surface area contributed by atoms with E-state index in [9.17, 15) is 9.59 Å². The van der Waals surface area contributed by atoms with Gasteiger partial charge in [0.1, 0.15) is 0 Å². The number of carbonyl (C=O) groups excluding carboxylic acids is 2. The zero-order valence-corrected chi connectivity index (χ0v) is 19.9. The van der Waals surface area contributed by atoms with E-state index in [0.717, 1.165) is 38.9 Å². The Balaban J connectivity index is 1.44. The van der Waals surface area contributed by atoms with Gasteiger partial charge in [-0.15, -0.1) is 0 Å². The normalized spacial score (nSPS) is 17.2. The van der Waals surface area contributed by atoms with Crippen LogP contribution < -0.4 is 15.5 Å². The molecule has 2 N–H and O–H groups in total. The van der Waals surface area contributed by atoms with Gasteiger partial charge in [-0.1, -0.05) is 37.6 Å². The van der Waals surface area contributed by atoms with Gasteiger partial charge >= 0.3 is 11.8 Å². The van der Waals surface area contributed by atoms with Crippen LogP contribution in [0.4, 0.5) is 11.4 Å². The fourth-order valence-corrected chi connectivity index (χ4v) is 4.98. The van der Waals surface area contributed by atoms with Gasteiger partial charge in [0.2, 0.25) is 0 Å². The number of nitrogens with zero attached hydrogens (tertiary/aromatic N) is 2. The average molecular weight is 449 g/mol. The van der Waals surface area contributed by atoms with Crippen LogP contribution in [0.2, 0.25) is 0 Å². The summed E-state index contributed by atoms with van der Waals surface area (Å²) in [7, 11) is 2.15. The summed E-state index contributed by atoms with van der Waals surface area (Å²) in [6.07, 6.45) is 6.79. The zero-order chi connectivity index (χ0) is 23.2. The molecule has 2 heterocycles. The molecule has 176 valence electrons. The van der Waals surface area contributed by atoms with Crippen molar-refractivity contribution in [2.24, 2.45) is 0 Å². The van der Waals surface area contributed by atoms with Crippen LogP contribution in [0.15, 0.2) is 42.5 Å². The maximum absolute atomic E-state index is 12.6. The third kappa shape index (κ3) is 5.74. The number of fused-ring (bicyclic) bond motifs is 1. The summed E-state index contributed by atoms with van der Waals surface area (Å²) in [4.78, 5) is 29.9. The van der Waals surface area contributed by atoms with Crippen LogP contribution in [-0.4, -0.2) is 49.9 Å². The lowest BCUT2D eigenvalue weighted by atomic mass is 9.95. The third-order valence-electron chi connectivity index (χ3n) is 6.95. The Morgan fingerprint density at radius 3 is 2.42 bits per heavy atom. The van der Waals surface area contributed by atoms with E-state index in [1.54, 1.807) is 0 Å². The Labute approximate surface area is 197 Å². The molecule has 0 spiro atoms. The molecule has 2 aromatic rings. The van der Waals surface area contributed by atoms with Crippen LogP contribution in [-0.2, 0) is 22.4 Å². The van der Waals surface area contributed by atoms with E-state index in [-0.39, 0.29) is 6.04 Å². The number of piperidine rings is 1. The van der Waals surface area contributed by atoms with Crippen molar-refractivity contribution in [1.29, 1.82) is 0 Å². The molecular formula is C27H36N4O2. The molecule has 6 heteroatoms. The van der Waals surface area contributed by atoms with E-state index in [1.165, 1.54) is 41.6 Å². The highest BCUT2D eigenvalue weighted by atomic mass is 16.2. The molecular weight excluding hydrogens is 412 g/mol. The van der Waals surface area contributed by atoms with Crippen LogP contribution in [0.25, 0.3) is 0 Å². The van der Waals surface area contributed by atoms with Crippen LogP contribution in [0.1, 0.15) is 55.3 Å². The topological polar surface area (TPSA) is 64.7 Å². The summed E-state index contributed by atoms with van der Waals surface area (Å²) >= 11 is 0. The maximum Gasteiger partial charge on any atom is 0.313 e. The fraction of sp³-hybridized carbons (Fsp3) is 0.481. The summed E-state index contributed by atoms with van der Waals surface area (Å²) in [5.41, 5.74) is 5.74. The lowest BCUT2D eigenvalue weighted by Gasteiger charge is -2.36. The van der Waals surface area contributed by atoms with Crippen molar-refractivity contribution in [3.05, 3.63) is 59.2 Å². The van der Waals surface area contributed by atoms with Crippen LogP contribution in [0, 0.1) is 0 Å². The number of likely N-dealkylation sites (tertiary alicyclic amines) is 1. The van der Waals surface area contributed by atoms with Gasteiger partial charge in [0.05, 0.1) is 6.04 Å². The smallest absolute Gasteiger partial charge is 0.313 e. The van der Waals surface area contributed by atoms with E-state index in [2.05, 4.69) is 52.6 Å². The molecule has 2 aliphatic rings. The number of anilines is 2. The van der Waals surface area contributed by atoms with Crippen molar-refractivity contribution in [2.45, 2.75) is 51.5 Å². The highest BCUT2D eigenvalue weighted by molar-refractivity contribution is 6.39. The minimum atomic E-state index is -0.622. The predicted molar refractivity (Wildman–Crippen MR) is 134 cm³/mol. The lowest BCUT2D eigenvalue weighted by Crippen LogP contribution is -2.43. The Morgan fingerprint density at radius 2 is 1.70 bits per heavy atom. The Morgan fingerprint density at radius 1 is 0.939 bits per heavy atom. The molecule has 1 unspecified atom stereocenters. The van der Waals surface area contributed by atoms with E-state index in [1.807, 2.05) is 24.3 Å². The number of benzene rings is 2. The standard InChI is InChI=1S/C27H36N4O2/c1-3-20-9-12-23(13-10-20)29-27(33)26(32)28-19-25(31-16-5-4-6-17-31)22-11-14-24-21(18-22)8-7-15-30(24)2/h9-14,18,25H,3-8,15-17,19H2,1-2H3,(H,28,32)(H,29,33). The van der Waals surface area contributed by atoms with Crippen molar-refractivity contribution >= 4 is 23.2 Å². The molecule has 2 aromatic carbocycles. The second-order valence-corrected chi connectivity index (χ2v) is 9.24. The number of aryl methyl sites for hydroxylation is 2. The second-order valence-electron chi connectivity index (χ2n) is 9.24. The first-order valence-electron chi connectivity index (χ1n) is 12.3. The molecule has 33 heavy (non-hydrogen) atoms. The number of hydrogen-bond acceptors (Lipinski definition) is 4. The van der Waals surface area contributed by atoms with Crippen molar-refractivity contribution in [1.82, 2.24) is 10.2 Å². The molecule has 1 atom stereocenters. The first-order chi connectivity index (χ1) is 16.0. The molecule has 0 bridgehead atoms. The highest BCUT2D eigenvalue weighted by Crippen LogP contribution is 2.31. The minimum absolute atomic E-state index is 0.0726. The largest absolute Gasteiger partial charge is 0.374 e. The van der Waals surface area contributed by atoms with Crippen molar-refractivity contribution in [2.75, 3.05) is 43.4 Å². The lowest BCUT2D eigenvalue weighted by molar-refractivity contribution is -0.136. The average Bonchev–Trinajstić information content (AvgIpc) is 2.85. The van der Waals surface area contributed by atoms with Crippen LogP contribution in [0.5, 0.6) is 0 Å². The van der Waals surface area contributed by atoms with Crippen LogP contribution >= 0.6 is 0 Å². The minimum Gasteiger partial charge on any atom is -0.374 e. The number of nitrogens with one attached hydrogen (secondary N) is 2. The number of amides is 2. The third-order valence-corrected chi connectivity index (χ3v) is 6.95. The van der Waals surface area contributed by atoms with Gasteiger partial charge in [0.25, 0.3) is 0 Å². The molecule has 4 rings (SSSR count). The molecule has 0 aliphatic carbocycles. The van der Waals surface area contributed by atoms with Gasteiger partial charge in [-0.2, -0.15) is 0 Å². The maximum atomic E-state index is 12.6. The van der Waals surface area contributed by atoms with Gasteiger partial charge in [0, 0.05) is 31.5 Å². The molecule has 0 saturated carbocycles. The quantitative estimate of drug-likeness (QED) is 0.658.